The molecule has 0 saturated carbocycles. The van der Waals surface area contributed by atoms with E-state index in [0.717, 1.165) is 32.7 Å². The zero-order chi connectivity index (χ0) is 17.5. The summed E-state index contributed by atoms with van der Waals surface area (Å²) in [5, 5.41) is 2.84. The number of piperazine rings is 1. The third kappa shape index (κ3) is 5.60. The van der Waals surface area contributed by atoms with Crippen molar-refractivity contribution in [3.63, 3.8) is 0 Å². The van der Waals surface area contributed by atoms with Crippen LogP contribution in [0.15, 0.2) is 24.3 Å². The van der Waals surface area contributed by atoms with E-state index in [0.29, 0.717) is 24.4 Å². The third-order valence-corrected chi connectivity index (χ3v) is 4.13. The lowest BCUT2D eigenvalue weighted by Gasteiger charge is -2.35. The minimum atomic E-state index is -0.351. The van der Waals surface area contributed by atoms with Crippen LogP contribution in [0.25, 0.3) is 0 Å². The first-order chi connectivity index (χ1) is 11.5. The molecule has 2 rings (SSSR count). The van der Waals surface area contributed by atoms with Gasteiger partial charge in [-0.15, -0.1) is 0 Å². The number of benzene rings is 1. The van der Waals surface area contributed by atoms with Gasteiger partial charge in [0.15, 0.2) is 0 Å². The summed E-state index contributed by atoms with van der Waals surface area (Å²) in [6.07, 6.45) is 0.605. The van der Waals surface area contributed by atoms with E-state index in [1.54, 1.807) is 0 Å². The second-order valence-corrected chi connectivity index (χ2v) is 6.58. The number of halogens is 1. The molecule has 1 heterocycles. The SMILES string of the molecule is CC(C)CC(=O)N1CCN(CCNC(=O)c2ccc(F)cc2)CC1. The van der Waals surface area contributed by atoms with Crippen LogP contribution in [0.3, 0.4) is 0 Å². The standard InChI is InChI=1S/C18H26FN3O2/c1-14(2)13-17(23)22-11-9-21(10-12-22)8-7-20-18(24)15-3-5-16(19)6-4-15/h3-6,14H,7-13H2,1-2H3,(H,20,24). The van der Waals surface area contributed by atoms with Crippen LogP contribution >= 0.6 is 0 Å². The van der Waals surface area contributed by atoms with Gasteiger partial charge in [-0.05, 0) is 30.2 Å². The first-order valence-electron chi connectivity index (χ1n) is 8.49. The van der Waals surface area contributed by atoms with Gasteiger partial charge in [-0.2, -0.15) is 0 Å². The van der Waals surface area contributed by atoms with Gasteiger partial charge in [0.2, 0.25) is 5.91 Å². The Morgan fingerprint density at radius 1 is 1.12 bits per heavy atom. The summed E-state index contributed by atoms with van der Waals surface area (Å²) in [4.78, 5) is 28.1. The average molecular weight is 335 g/mol. The molecule has 0 aromatic heterocycles. The number of amides is 2. The lowest BCUT2D eigenvalue weighted by atomic mass is 10.1. The molecular weight excluding hydrogens is 309 g/mol. The summed E-state index contributed by atoms with van der Waals surface area (Å²) in [7, 11) is 0. The number of hydrogen-bond donors (Lipinski definition) is 1. The van der Waals surface area contributed by atoms with Gasteiger partial charge in [-0.25, -0.2) is 4.39 Å². The molecule has 132 valence electrons. The summed E-state index contributed by atoms with van der Waals surface area (Å²) in [5.74, 6) is 0.0728. The van der Waals surface area contributed by atoms with Crippen molar-refractivity contribution in [1.29, 1.82) is 0 Å². The van der Waals surface area contributed by atoms with Crippen LogP contribution in [-0.4, -0.2) is 60.9 Å². The highest BCUT2D eigenvalue weighted by molar-refractivity contribution is 5.94. The van der Waals surface area contributed by atoms with Crippen LogP contribution in [0.1, 0.15) is 30.6 Å². The summed E-state index contributed by atoms with van der Waals surface area (Å²) >= 11 is 0. The first kappa shape index (κ1) is 18.4. The highest BCUT2D eigenvalue weighted by atomic mass is 19.1. The van der Waals surface area contributed by atoms with E-state index in [9.17, 15) is 14.0 Å². The van der Waals surface area contributed by atoms with Crippen molar-refractivity contribution in [3.8, 4) is 0 Å². The molecule has 1 aliphatic rings. The van der Waals surface area contributed by atoms with Gasteiger partial charge in [0.25, 0.3) is 5.91 Å². The molecule has 5 nitrogen and oxygen atoms in total. The van der Waals surface area contributed by atoms with Crippen molar-refractivity contribution < 1.29 is 14.0 Å². The normalized spacial score (nSPS) is 15.6. The van der Waals surface area contributed by atoms with E-state index in [-0.39, 0.29) is 17.6 Å². The monoisotopic (exact) mass is 335 g/mol. The van der Waals surface area contributed by atoms with Crippen molar-refractivity contribution in [3.05, 3.63) is 35.6 Å². The molecule has 0 radical (unpaired) electrons. The summed E-state index contributed by atoms with van der Waals surface area (Å²) in [5.41, 5.74) is 0.459. The maximum Gasteiger partial charge on any atom is 0.251 e. The Bertz CT molecular complexity index is 552. The Labute approximate surface area is 142 Å². The predicted molar refractivity (Wildman–Crippen MR) is 91.2 cm³/mol. The Morgan fingerprint density at radius 3 is 2.33 bits per heavy atom. The van der Waals surface area contributed by atoms with E-state index >= 15 is 0 Å². The molecule has 0 unspecified atom stereocenters. The van der Waals surface area contributed by atoms with Crippen molar-refractivity contribution in [2.75, 3.05) is 39.3 Å². The number of nitrogens with one attached hydrogen (secondary N) is 1. The van der Waals surface area contributed by atoms with Gasteiger partial charge >= 0.3 is 0 Å². The smallest absolute Gasteiger partial charge is 0.251 e. The fourth-order valence-electron chi connectivity index (χ4n) is 2.73. The minimum absolute atomic E-state index is 0.194. The molecule has 6 heteroatoms. The highest BCUT2D eigenvalue weighted by Gasteiger charge is 2.21. The quantitative estimate of drug-likeness (QED) is 0.862. The zero-order valence-corrected chi connectivity index (χ0v) is 14.4. The van der Waals surface area contributed by atoms with Crippen LogP contribution in [0.2, 0.25) is 0 Å². The number of hydrogen-bond acceptors (Lipinski definition) is 3. The number of nitrogens with zero attached hydrogens (tertiary/aromatic N) is 2. The second-order valence-electron chi connectivity index (χ2n) is 6.58. The number of carbonyl (C=O) groups excluding carboxylic acids is 2. The predicted octanol–water partition coefficient (Wildman–Crippen LogP) is 1.75. The van der Waals surface area contributed by atoms with Gasteiger partial charge in [-0.1, -0.05) is 13.8 Å². The highest BCUT2D eigenvalue weighted by Crippen LogP contribution is 2.08. The summed E-state index contributed by atoms with van der Waals surface area (Å²) in [6, 6.07) is 5.51. The van der Waals surface area contributed by atoms with Crippen molar-refractivity contribution in [2.24, 2.45) is 5.92 Å². The van der Waals surface area contributed by atoms with Crippen LogP contribution in [0.4, 0.5) is 4.39 Å². The van der Waals surface area contributed by atoms with Crippen molar-refractivity contribution in [2.45, 2.75) is 20.3 Å². The van der Waals surface area contributed by atoms with E-state index in [1.807, 2.05) is 4.90 Å². The third-order valence-electron chi connectivity index (χ3n) is 4.13. The fraction of sp³-hybridized carbons (Fsp3) is 0.556. The Kier molecular flexibility index (Phi) is 6.73. The van der Waals surface area contributed by atoms with Crippen LogP contribution in [0, 0.1) is 11.7 Å². The molecule has 0 aliphatic carbocycles. The molecule has 2 amide bonds. The average Bonchev–Trinajstić information content (AvgIpc) is 2.55. The van der Waals surface area contributed by atoms with Crippen LogP contribution in [0.5, 0.6) is 0 Å². The van der Waals surface area contributed by atoms with Gasteiger partial charge in [0, 0.05) is 51.3 Å². The topological polar surface area (TPSA) is 52.7 Å². The van der Waals surface area contributed by atoms with Crippen LogP contribution < -0.4 is 5.32 Å². The summed E-state index contributed by atoms with van der Waals surface area (Å²) < 4.78 is 12.8. The molecular formula is C18H26FN3O2. The Hall–Kier alpha value is -1.95. The minimum Gasteiger partial charge on any atom is -0.351 e. The number of carbonyl (C=O) groups is 2. The molecule has 1 aromatic carbocycles. The molecule has 1 N–H and O–H groups in total. The van der Waals surface area contributed by atoms with Gasteiger partial charge in [-0.3, -0.25) is 14.5 Å². The van der Waals surface area contributed by atoms with Crippen LogP contribution in [-0.2, 0) is 4.79 Å². The molecule has 1 saturated heterocycles. The molecule has 0 spiro atoms. The van der Waals surface area contributed by atoms with E-state index in [2.05, 4.69) is 24.1 Å². The molecule has 1 fully saturated rings. The van der Waals surface area contributed by atoms with Gasteiger partial charge in [0.05, 0.1) is 0 Å². The molecule has 1 aromatic rings. The van der Waals surface area contributed by atoms with Gasteiger partial charge in [0.1, 0.15) is 5.82 Å². The fourth-order valence-corrected chi connectivity index (χ4v) is 2.73. The lowest BCUT2D eigenvalue weighted by Crippen LogP contribution is -2.50. The van der Waals surface area contributed by atoms with Gasteiger partial charge < -0.3 is 10.2 Å². The Morgan fingerprint density at radius 2 is 1.75 bits per heavy atom. The van der Waals surface area contributed by atoms with E-state index in [1.165, 1.54) is 24.3 Å². The maximum absolute atomic E-state index is 12.8. The first-order valence-corrected chi connectivity index (χ1v) is 8.49. The second kappa shape index (κ2) is 8.78. The zero-order valence-electron chi connectivity index (χ0n) is 14.4. The van der Waals surface area contributed by atoms with E-state index < -0.39 is 0 Å². The summed E-state index contributed by atoms with van der Waals surface area (Å²) in [6.45, 7) is 8.55. The number of rotatable bonds is 6. The molecule has 24 heavy (non-hydrogen) atoms. The van der Waals surface area contributed by atoms with E-state index in [4.69, 9.17) is 0 Å². The molecule has 0 atom stereocenters. The Balaban J connectivity index is 1.66. The molecule has 1 aliphatic heterocycles. The maximum atomic E-state index is 12.8. The largest absolute Gasteiger partial charge is 0.351 e. The lowest BCUT2D eigenvalue weighted by molar-refractivity contribution is -0.133. The van der Waals surface area contributed by atoms with Crippen molar-refractivity contribution in [1.82, 2.24) is 15.1 Å². The molecule has 0 bridgehead atoms. The van der Waals surface area contributed by atoms with Crippen molar-refractivity contribution >= 4 is 11.8 Å².